The summed E-state index contributed by atoms with van der Waals surface area (Å²) in [5.41, 5.74) is 4.21. The van der Waals surface area contributed by atoms with Crippen LogP contribution >= 0.6 is 0 Å². The van der Waals surface area contributed by atoms with Crippen molar-refractivity contribution in [1.82, 2.24) is 0 Å². The third-order valence-electron chi connectivity index (χ3n) is 6.74. The van der Waals surface area contributed by atoms with Crippen molar-refractivity contribution in [3.8, 4) is 6.07 Å². The molecule has 0 saturated carbocycles. The molecule has 180 valence electrons. The second-order valence-electron chi connectivity index (χ2n) is 8.58. The van der Waals surface area contributed by atoms with Crippen molar-refractivity contribution in [2.24, 2.45) is 0 Å². The van der Waals surface area contributed by atoms with Gasteiger partial charge in [0.05, 0.1) is 17.6 Å². The van der Waals surface area contributed by atoms with Gasteiger partial charge in [-0.3, -0.25) is 4.79 Å². The number of allylic oxidation sites excluding steroid dienone is 1. The molecular formula is C31H39NO2. The summed E-state index contributed by atoms with van der Waals surface area (Å²) >= 11 is 0. The van der Waals surface area contributed by atoms with E-state index in [1.807, 2.05) is 83.1 Å². The molecular weight excluding hydrogens is 418 g/mol. The third-order valence-corrected chi connectivity index (χ3v) is 6.74. The molecule has 2 heterocycles. The maximum atomic E-state index is 13.1. The Morgan fingerprint density at radius 3 is 2.12 bits per heavy atom. The number of fused-ring (bicyclic) bond motifs is 2. The van der Waals surface area contributed by atoms with Crippen LogP contribution in [0.4, 0.5) is 0 Å². The average Bonchev–Trinajstić information content (AvgIpc) is 3.27. The Labute approximate surface area is 206 Å². The predicted molar refractivity (Wildman–Crippen MR) is 141 cm³/mol. The van der Waals surface area contributed by atoms with Crippen LogP contribution in [-0.4, -0.2) is 17.5 Å². The number of Topliss-reactive ketones (excluding diaryl/α,β-unsaturated/α-hetero) is 1. The first-order chi connectivity index (χ1) is 16.4. The minimum atomic E-state index is -0.382. The van der Waals surface area contributed by atoms with Gasteiger partial charge < -0.3 is 4.74 Å². The molecule has 0 amide bonds. The Kier molecular flexibility index (Phi) is 10.0. The second kappa shape index (κ2) is 12.5. The summed E-state index contributed by atoms with van der Waals surface area (Å²) in [6, 6.07) is 22.5. The summed E-state index contributed by atoms with van der Waals surface area (Å²) in [6.45, 7) is 16.4. The number of hydrogen-bond donors (Lipinski definition) is 0. The Balaban J connectivity index is 0.000000970. The topological polar surface area (TPSA) is 50.1 Å². The summed E-state index contributed by atoms with van der Waals surface area (Å²) in [4.78, 5) is 13.1. The van der Waals surface area contributed by atoms with E-state index in [4.69, 9.17) is 4.74 Å². The fourth-order valence-corrected chi connectivity index (χ4v) is 4.90. The van der Waals surface area contributed by atoms with Crippen LogP contribution in [0, 0.1) is 11.3 Å². The van der Waals surface area contributed by atoms with E-state index in [0.29, 0.717) is 6.42 Å². The SMILES string of the molecule is C=C(CC(c1ccccc1)C(C#N)c1ccccc1)C1=C(C)C2(C)CCC(O2)C1=O.CC.CC. The van der Waals surface area contributed by atoms with Gasteiger partial charge in [0.1, 0.15) is 6.10 Å². The van der Waals surface area contributed by atoms with E-state index >= 15 is 0 Å². The molecule has 4 rings (SSSR count). The number of ketones is 1. The quantitative estimate of drug-likeness (QED) is 0.443. The molecule has 2 aromatic carbocycles. The lowest BCUT2D eigenvalue weighted by molar-refractivity contribution is -0.131. The van der Waals surface area contributed by atoms with Crippen LogP contribution in [0.5, 0.6) is 0 Å². The minimum Gasteiger partial charge on any atom is -0.360 e. The van der Waals surface area contributed by atoms with Gasteiger partial charge in [-0.05, 0) is 55.4 Å². The van der Waals surface area contributed by atoms with Crippen LogP contribution in [0.3, 0.4) is 0 Å². The first kappa shape index (κ1) is 27.3. The fraction of sp³-hybridized carbons (Fsp3) is 0.419. The van der Waals surface area contributed by atoms with E-state index in [2.05, 4.69) is 31.7 Å². The number of hydrogen-bond acceptors (Lipinski definition) is 3. The molecule has 2 bridgehead atoms. The standard InChI is InChI=1S/C27H27NO2.2C2H6/c1-18(25-19(2)27(3)15-14-24(30-27)26(25)29)16-22(20-10-6-4-7-11-20)23(17-28)21-12-8-5-9-13-21;2*1-2/h4-13,22-24H,1,14-16H2,2-3H3;2*1-2H3. The lowest BCUT2D eigenvalue weighted by atomic mass is 9.76. The lowest BCUT2D eigenvalue weighted by Gasteiger charge is -2.34. The highest BCUT2D eigenvalue weighted by Gasteiger charge is 2.48. The van der Waals surface area contributed by atoms with E-state index in [-0.39, 0.29) is 29.3 Å². The summed E-state index contributed by atoms with van der Waals surface area (Å²) in [5, 5.41) is 10.1. The van der Waals surface area contributed by atoms with Crippen molar-refractivity contribution in [2.45, 2.75) is 84.3 Å². The van der Waals surface area contributed by atoms with Crippen molar-refractivity contribution in [1.29, 1.82) is 5.26 Å². The van der Waals surface area contributed by atoms with Crippen molar-refractivity contribution < 1.29 is 9.53 Å². The van der Waals surface area contributed by atoms with E-state index in [0.717, 1.165) is 40.7 Å². The average molecular weight is 458 g/mol. The Morgan fingerprint density at radius 2 is 1.59 bits per heavy atom. The molecule has 0 N–H and O–H groups in total. The molecule has 4 unspecified atom stereocenters. The number of rotatable bonds is 6. The van der Waals surface area contributed by atoms with Gasteiger partial charge in [-0.2, -0.15) is 5.26 Å². The predicted octanol–water partition coefficient (Wildman–Crippen LogP) is 7.91. The molecule has 34 heavy (non-hydrogen) atoms. The molecule has 2 aliphatic heterocycles. The second-order valence-corrected chi connectivity index (χ2v) is 8.58. The van der Waals surface area contributed by atoms with Crippen LogP contribution < -0.4 is 0 Å². The van der Waals surface area contributed by atoms with Crippen LogP contribution in [0.2, 0.25) is 0 Å². The summed E-state index contributed by atoms with van der Waals surface area (Å²) < 4.78 is 6.02. The summed E-state index contributed by atoms with van der Waals surface area (Å²) in [5.74, 6) is -0.367. The number of benzene rings is 2. The van der Waals surface area contributed by atoms with Crippen molar-refractivity contribution in [2.75, 3.05) is 0 Å². The number of carbonyl (C=O) groups is 1. The maximum Gasteiger partial charge on any atom is 0.191 e. The largest absolute Gasteiger partial charge is 0.360 e. The first-order valence-electron chi connectivity index (χ1n) is 12.6. The third kappa shape index (κ3) is 5.57. The number of ether oxygens (including phenoxy) is 1. The monoisotopic (exact) mass is 457 g/mol. The number of nitrogens with zero attached hydrogens (tertiary/aromatic N) is 1. The van der Waals surface area contributed by atoms with E-state index < -0.39 is 0 Å². The highest BCUT2D eigenvalue weighted by molar-refractivity contribution is 6.04. The van der Waals surface area contributed by atoms with Gasteiger partial charge in [0.2, 0.25) is 0 Å². The normalized spacial score (nSPS) is 22.4. The molecule has 2 aromatic rings. The molecule has 0 aliphatic carbocycles. The lowest BCUT2D eigenvalue weighted by Crippen LogP contribution is -2.38. The molecule has 0 radical (unpaired) electrons. The van der Waals surface area contributed by atoms with Gasteiger partial charge in [-0.25, -0.2) is 0 Å². The molecule has 0 aromatic heterocycles. The van der Waals surface area contributed by atoms with Gasteiger partial charge in [-0.1, -0.05) is 94.9 Å². The highest BCUT2D eigenvalue weighted by atomic mass is 16.5. The molecule has 1 fully saturated rings. The van der Waals surface area contributed by atoms with Crippen LogP contribution in [0.1, 0.15) is 83.8 Å². The zero-order valence-electron chi connectivity index (χ0n) is 21.6. The zero-order valence-corrected chi connectivity index (χ0v) is 21.6. The molecule has 4 atom stereocenters. The van der Waals surface area contributed by atoms with E-state index in [1.165, 1.54) is 0 Å². The zero-order chi connectivity index (χ0) is 25.3. The van der Waals surface area contributed by atoms with Crippen molar-refractivity contribution in [3.05, 3.63) is 95.1 Å². The van der Waals surface area contributed by atoms with Crippen LogP contribution in [0.15, 0.2) is 84.0 Å². The Bertz CT molecular complexity index is 1030. The molecule has 3 nitrogen and oxygen atoms in total. The smallest absolute Gasteiger partial charge is 0.191 e. The Hall–Kier alpha value is -2.96. The van der Waals surface area contributed by atoms with Gasteiger partial charge in [0.25, 0.3) is 0 Å². The number of carbonyl (C=O) groups excluding carboxylic acids is 1. The summed E-state index contributed by atoms with van der Waals surface area (Å²) in [7, 11) is 0. The van der Waals surface area contributed by atoms with Gasteiger partial charge in [-0.15, -0.1) is 0 Å². The maximum absolute atomic E-state index is 13.1. The molecule has 0 spiro atoms. The van der Waals surface area contributed by atoms with Gasteiger partial charge in [0, 0.05) is 11.5 Å². The Morgan fingerprint density at radius 1 is 1.06 bits per heavy atom. The minimum absolute atomic E-state index is 0.0486. The molecule has 3 heteroatoms. The van der Waals surface area contributed by atoms with Crippen molar-refractivity contribution >= 4 is 5.78 Å². The van der Waals surface area contributed by atoms with Crippen molar-refractivity contribution in [3.63, 3.8) is 0 Å². The fourth-order valence-electron chi connectivity index (χ4n) is 4.90. The first-order valence-corrected chi connectivity index (χ1v) is 12.6. The summed E-state index contributed by atoms with van der Waals surface area (Å²) in [6.07, 6.45) is 1.81. The van der Waals surface area contributed by atoms with Gasteiger partial charge in [0.15, 0.2) is 5.78 Å². The molecule has 1 saturated heterocycles. The molecule has 2 aliphatic rings. The highest BCUT2D eigenvalue weighted by Crippen LogP contribution is 2.46. The van der Waals surface area contributed by atoms with Gasteiger partial charge >= 0.3 is 0 Å². The van der Waals surface area contributed by atoms with Crippen LogP contribution in [-0.2, 0) is 9.53 Å². The van der Waals surface area contributed by atoms with Crippen LogP contribution in [0.25, 0.3) is 0 Å². The van der Waals surface area contributed by atoms with E-state index in [1.54, 1.807) is 0 Å². The van der Waals surface area contributed by atoms with E-state index in [9.17, 15) is 10.1 Å². The number of nitriles is 1.